The summed E-state index contributed by atoms with van der Waals surface area (Å²) in [5.74, 6) is -0.396. The van der Waals surface area contributed by atoms with E-state index in [0.717, 1.165) is 5.56 Å². The second-order valence-electron chi connectivity index (χ2n) is 5.67. The molecule has 2 unspecified atom stereocenters. The van der Waals surface area contributed by atoms with Crippen LogP contribution in [0.1, 0.15) is 23.5 Å². The molecule has 25 heavy (non-hydrogen) atoms. The van der Waals surface area contributed by atoms with E-state index in [9.17, 15) is 14.6 Å². The van der Waals surface area contributed by atoms with Crippen LogP contribution in [0.15, 0.2) is 54.9 Å². The molecule has 1 aromatic carbocycles. The van der Waals surface area contributed by atoms with Gasteiger partial charge in [-0.15, -0.1) is 0 Å². The second kappa shape index (κ2) is 7.52. The Morgan fingerprint density at radius 2 is 1.96 bits per heavy atom. The van der Waals surface area contributed by atoms with Gasteiger partial charge in [0.2, 0.25) is 0 Å². The van der Waals surface area contributed by atoms with Crippen molar-refractivity contribution >= 4 is 0 Å². The van der Waals surface area contributed by atoms with Crippen molar-refractivity contribution < 1.29 is 14.6 Å². The van der Waals surface area contributed by atoms with Gasteiger partial charge >= 0.3 is 0 Å². The lowest BCUT2D eigenvalue weighted by Gasteiger charge is -2.21. The molecule has 0 saturated heterocycles. The molecule has 0 amide bonds. The van der Waals surface area contributed by atoms with Gasteiger partial charge in [-0.05, 0) is 35.9 Å². The van der Waals surface area contributed by atoms with Gasteiger partial charge in [-0.1, -0.05) is 12.1 Å². The van der Waals surface area contributed by atoms with Crippen LogP contribution in [0.4, 0.5) is 4.39 Å². The predicted octanol–water partition coefficient (Wildman–Crippen LogP) is 1.94. The van der Waals surface area contributed by atoms with E-state index in [-0.39, 0.29) is 6.61 Å². The third-order valence-corrected chi connectivity index (χ3v) is 3.96. The molecule has 0 saturated carbocycles. The lowest BCUT2D eigenvalue weighted by atomic mass is 10.1. The minimum absolute atomic E-state index is 0.282. The van der Waals surface area contributed by atoms with Crippen LogP contribution in [0, 0.1) is 5.82 Å². The number of pyridine rings is 1. The fourth-order valence-electron chi connectivity index (χ4n) is 2.65. The number of nitrogens with zero attached hydrogens (tertiary/aromatic N) is 3. The smallest absolute Gasteiger partial charge is 0.148 e. The largest absolute Gasteiger partial charge is 0.394 e. The Morgan fingerprint density at radius 3 is 2.64 bits per heavy atom. The van der Waals surface area contributed by atoms with Crippen LogP contribution in [0.25, 0.3) is 11.3 Å². The van der Waals surface area contributed by atoms with E-state index in [2.05, 4.69) is 15.4 Å². The Labute approximate surface area is 144 Å². The molecular formula is C18H19FN4O2. The van der Waals surface area contributed by atoms with Crippen LogP contribution < -0.4 is 5.32 Å². The van der Waals surface area contributed by atoms with Crippen LogP contribution in [-0.2, 0) is 7.05 Å². The topological polar surface area (TPSA) is 83.2 Å². The number of aliphatic hydroxyl groups excluding tert-OH is 2. The van der Waals surface area contributed by atoms with Gasteiger partial charge in [-0.25, -0.2) is 4.39 Å². The average molecular weight is 342 g/mol. The van der Waals surface area contributed by atoms with Gasteiger partial charge in [0.1, 0.15) is 12.0 Å². The fourth-order valence-corrected chi connectivity index (χ4v) is 2.65. The molecule has 2 atom stereocenters. The van der Waals surface area contributed by atoms with Crippen molar-refractivity contribution in [2.75, 3.05) is 6.61 Å². The summed E-state index contributed by atoms with van der Waals surface area (Å²) in [6, 6.07) is 10.7. The molecule has 0 radical (unpaired) electrons. The maximum Gasteiger partial charge on any atom is 0.148 e. The number of benzene rings is 1. The maximum absolute atomic E-state index is 13.4. The highest BCUT2D eigenvalue weighted by Crippen LogP contribution is 2.23. The molecule has 2 heterocycles. The van der Waals surface area contributed by atoms with Crippen LogP contribution >= 0.6 is 0 Å². The molecule has 0 aliphatic heterocycles. The Bertz CT molecular complexity index is 838. The number of hydrogen-bond donors (Lipinski definition) is 3. The fraction of sp³-hybridized carbons (Fsp3) is 0.222. The normalized spacial score (nSPS) is 13.6. The van der Waals surface area contributed by atoms with E-state index < -0.39 is 18.1 Å². The number of aromatic nitrogens is 3. The Morgan fingerprint density at radius 1 is 1.20 bits per heavy atom. The molecule has 0 aliphatic carbocycles. The second-order valence-corrected chi connectivity index (χ2v) is 5.67. The molecule has 0 spiro atoms. The molecule has 6 nitrogen and oxygen atoms in total. The number of hydrogen-bond acceptors (Lipinski definition) is 5. The first-order valence-electron chi connectivity index (χ1n) is 7.83. The summed E-state index contributed by atoms with van der Waals surface area (Å²) in [6.07, 6.45) is 2.27. The van der Waals surface area contributed by atoms with Crippen molar-refractivity contribution in [2.45, 2.75) is 12.3 Å². The van der Waals surface area contributed by atoms with Gasteiger partial charge in [-0.2, -0.15) is 5.10 Å². The molecular weight excluding hydrogens is 323 g/mol. The molecule has 0 bridgehead atoms. The van der Waals surface area contributed by atoms with Gasteiger partial charge in [0, 0.05) is 25.0 Å². The summed E-state index contributed by atoms with van der Waals surface area (Å²) in [6.45, 7) is -0.282. The Kier molecular flexibility index (Phi) is 5.18. The highest BCUT2D eigenvalue weighted by atomic mass is 19.1. The molecule has 3 rings (SSSR count). The number of aliphatic hydroxyl groups is 2. The van der Waals surface area contributed by atoms with Crippen molar-refractivity contribution in [1.29, 1.82) is 0 Å². The molecule has 3 aromatic rings. The molecule has 7 heteroatoms. The van der Waals surface area contributed by atoms with Crippen molar-refractivity contribution in [3.63, 3.8) is 0 Å². The lowest BCUT2D eigenvalue weighted by Crippen LogP contribution is -2.30. The Balaban J connectivity index is 1.81. The van der Waals surface area contributed by atoms with E-state index in [1.165, 1.54) is 12.1 Å². The van der Waals surface area contributed by atoms with Gasteiger partial charge in [0.15, 0.2) is 0 Å². The van der Waals surface area contributed by atoms with E-state index >= 15 is 0 Å². The zero-order valence-electron chi connectivity index (χ0n) is 13.7. The van der Waals surface area contributed by atoms with Gasteiger partial charge in [-0.3, -0.25) is 15.0 Å². The van der Waals surface area contributed by atoms with Gasteiger partial charge in [0.05, 0.1) is 24.0 Å². The third-order valence-electron chi connectivity index (χ3n) is 3.96. The maximum atomic E-state index is 13.4. The Hall–Kier alpha value is -2.61. The standard InChI is InChI=1S/C18H19FN4O2/c1-23-17(10-15(22-23)12-5-7-20-8-6-12)18(25)21-16(11-24)13-3-2-4-14(19)9-13/h2-10,16,18,21,24-25H,11H2,1H3. The zero-order chi connectivity index (χ0) is 17.8. The lowest BCUT2D eigenvalue weighted by molar-refractivity contribution is 0.0970. The molecule has 3 N–H and O–H groups in total. The predicted molar refractivity (Wildman–Crippen MR) is 90.8 cm³/mol. The first kappa shape index (κ1) is 17.2. The molecule has 130 valence electrons. The SMILES string of the molecule is Cn1nc(-c2ccncc2)cc1C(O)NC(CO)c1cccc(F)c1. The summed E-state index contributed by atoms with van der Waals surface area (Å²) < 4.78 is 15.0. The van der Waals surface area contributed by atoms with Crippen LogP contribution in [-0.4, -0.2) is 31.6 Å². The number of halogens is 1. The highest BCUT2D eigenvalue weighted by molar-refractivity contribution is 5.58. The monoisotopic (exact) mass is 342 g/mol. The summed E-state index contributed by atoms with van der Waals surface area (Å²) in [4.78, 5) is 3.97. The summed E-state index contributed by atoms with van der Waals surface area (Å²) in [5, 5.41) is 27.4. The van der Waals surface area contributed by atoms with Crippen molar-refractivity contribution in [3.8, 4) is 11.3 Å². The van der Waals surface area contributed by atoms with Crippen LogP contribution in [0.3, 0.4) is 0 Å². The first-order valence-corrected chi connectivity index (χ1v) is 7.83. The minimum atomic E-state index is -1.08. The van der Waals surface area contributed by atoms with Crippen molar-refractivity contribution in [3.05, 3.63) is 71.9 Å². The van der Waals surface area contributed by atoms with Crippen LogP contribution in [0.5, 0.6) is 0 Å². The van der Waals surface area contributed by atoms with Crippen molar-refractivity contribution in [2.24, 2.45) is 7.05 Å². The third kappa shape index (κ3) is 3.90. The highest BCUT2D eigenvalue weighted by Gasteiger charge is 2.20. The summed E-state index contributed by atoms with van der Waals surface area (Å²) in [5.41, 5.74) is 2.67. The van der Waals surface area contributed by atoms with Gasteiger partial charge in [0.25, 0.3) is 0 Å². The number of nitrogens with one attached hydrogen (secondary N) is 1. The van der Waals surface area contributed by atoms with Gasteiger partial charge < -0.3 is 10.2 Å². The molecule has 2 aromatic heterocycles. The quantitative estimate of drug-likeness (QED) is 0.596. The minimum Gasteiger partial charge on any atom is -0.394 e. The number of aryl methyl sites for hydroxylation is 1. The number of rotatable bonds is 6. The average Bonchev–Trinajstić information content (AvgIpc) is 3.02. The van der Waals surface area contributed by atoms with E-state index in [1.54, 1.807) is 42.3 Å². The van der Waals surface area contributed by atoms with E-state index in [0.29, 0.717) is 17.0 Å². The summed E-state index contributed by atoms with van der Waals surface area (Å²) in [7, 11) is 1.72. The van der Waals surface area contributed by atoms with E-state index in [4.69, 9.17) is 0 Å². The zero-order valence-corrected chi connectivity index (χ0v) is 13.7. The van der Waals surface area contributed by atoms with Crippen LogP contribution in [0.2, 0.25) is 0 Å². The molecule has 0 aliphatic rings. The van der Waals surface area contributed by atoms with E-state index in [1.807, 2.05) is 12.1 Å². The van der Waals surface area contributed by atoms with Crippen molar-refractivity contribution in [1.82, 2.24) is 20.1 Å². The summed E-state index contributed by atoms with van der Waals surface area (Å²) >= 11 is 0. The first-order chi connectivity index (χ1) is 12.1. The molecule has 0 fully saturated rings.